The van der Waals surface area contributed by atoms with E-state index in [2.05, 4.69) is 15.9 Å². The molecule has 1 amide bonds. The van der Waals surface area contributed by atoms with Crippen LogP contribution in [0.5, 0.6) is 0 Å². The minimum Gasteiger partial charge on any atom is -0.312 e. The van der Waals surface area contributed by atoms with Gasteiger partial charge >= 0.3 is 0 Å². The molecule has 0 radical (unpaired) electrons. The number of alkyl halides is 1. The lowest BCUT2D eigenvalue weighted by Crippen LogP contribution is -2.24. The van der Waals surface area contributed by atoms with Crippen LogP contribution in [0.3, 0.4) is 0 Å². The molecule has 1 fully saturated rings. The maximum atomic E-state index is 11.7. The Labute approximate surface area is 102 Å². The zero-order valence-corrected chi connectivity index (χ0v) is 10.5. The van der Waals surface area contributed by atoms with E-state index in [1.165, 1.54) is 0 Å². The second-order valence-corrected chi connectivity index (χ2v) is 4.79. The molecule has 1 heterocycles. The number of rotatable bonds is 2. The zero-order chi connectivity index (χ0) is 10.8. The molecule has 0 N–H and O–H groups in total. The predicted octanol–water partition coefficient (Wildman–Crippen LogP) is 3.09. The number of carbonyl (C=O) groups is 1. The number of amides is 1. The third kappa shape index (κ3) is 2.34. The maximum absolute atomic E-state index is 11.7. The quantitative estimate of drug-likeness (QED) is 0.766. The Morgan fingerprint density at radius 1 is 1.53 bits per heavy atom. The van der Waals surface area contributed by atoms with Gasteiger partial charge in [0.25, 0.3) is 0 Å². The molecule has 0 aliphatic carbocycles. The largest absolute Gasteiger partial charge is 0.312 e. The predicted molar refractivity (Wildman–Crippen MR) is 65.7 cm³/mol. The first-order valence-electron chi connectivity index (χ1n) is 4.82. The summed E-state index contributed by atoms with van der Waals surface area (Å²) in [6.07, 6.45) is 0.623. The van der Waals surface area contributed by atoms with Crippen LogP contribution in [0, 0.1) is 5.92 Å². The molecular formula is C11H11BrClNO. The molecule has 0 spiro atoms. The number of carbonyl (C=O) groups excluding carboxylic acids is 1. The molecule has 0 bridgehead atoms. The number of benzene rings is 1. The van der Waals surface area contributed by atoms with Gasteiger partial charge in [-0.05, 0) is 24.1 Å². The molecule has 1 aliphatic heterocycles. The lowest BCUT2D eigenvalue weighted by molar-refractivity contribution is -0.117. The van der Waals surface area contributed by atoms with Crippen molar-refractivity contribution in [3.63, 3.8) is 0 Å². The third-order valence-corrected chi connectivity index (χ3v) is 3.69. The van der Waals surface area contributed by atoms with Crippen LogP contribution in [0.4, 0.5) is 5.69 Å². The number of halogens is 2. The number of hydrogen-bond acceptors (Lipinski definition) is 1. The summed E-state index contributed by atoms with van der Waals surface area (Å²) in [5.41, 5.74) is 0.899. The van der Waals surface area contributed by atoms with E-state index in [0.29, 0.717) is 17.4 Å². The maximum Gasteiger partial charge on any atom is 0.227 e. The molecule has 15 heavy (non-hydrogen) atoms. The van der Waals surface area contributed by atoms with Crippen LogP contribution in [-0.2, 0) is 4.79 Å². The van der Waals surface area contributed by atoms with E-state index in [-0.39, 0.29) is 5.91 Å². The van der Waals surface area contributed by atoms with Crippen LogP contribution in [0.1, 0.15) is 6.42 Å². The average molecular weight is 289 g/mol. The van der Waals surface area contributed by atoms with Crippen molar-refractivity contribution < 1.29 is 4.79 Å². The zero-order valence-electron chi connectivity index (χ0n) is 8.12. The number of nitrogens with zero attached hydrogens (tertiary/aromatic N) is 1. The van der Waals surface area contributed by atoms with E-state index in [1.54, 1.807) is 4.90 Å². The van der Waals surface area contributed by atoms with Crippen LogP contribution >= 0.6 is 27.5 Å². The molecule has 4 heteroatoms. The summed E-state index contributed by atoms with van der Waals surface area (Å²) in [4.78, 5) is 13.5. The van der Waals surface area contributed by atoms with E-state index in [9.17, 15) is 4.79 Å². The SMILES string of the molecule is O=C1CC(CBr)CN1c1cccc(Cl)c1. The van der Waals surface area contributed by atoms with Gasteiger partial charge in [-0.3, -0.25) is 4.79 Å². The van der Waals surface area contributed by atoms with Crippen LogP contribution in [0.25, 0.3) is 0 Å². The van der Waals surface area contributed by atoms with Gasteiger partial charge in [-0.1, -0.05) is 33.6 Å². The Morgan fingerprint density at radius 3 is 2.93 bits per heavy atom. The van der Waals surface area contributed by atoms with Gasteiger partial charge in [-0.15, -0.1) is 0 Å². The second kappa shape index (κ2) is 4.54. The molecule has 2 rings (SSSR count). The summed E-state index contributed by atoms with van der Waals surface area (Å²) in [5.74, 6) is 0.596. The van der Waals surface area contributed by atoms with E-state index < -0.39 is 0 Å². The van der Waals surface area contributed by atoms with Crippen LogP contribution in [0.15, 0.2) is 24.3 Å². The minimum atomic E-state index is 0.182. The van der Waals surface area contributed by atoms with E-state index in [1.807, 2.05) is 24.3 Å². The number of anilines is 1. The summed E-state index contributed by atoms with van der Waals surface area (Å²) < 4.78 is 0. The Kier molecular flexibility index (Phi) is 3.32. The molecule has 1 unspecified atom stereocenters. The lowest BCUT2D eigenvalue weighted by atomic mass is 10.2. The fourth-order valence-electron chi connectivity index (χ4n) is 1.78. The molecule has 0 aromatic heterocycles. The van der Waals surface area contributed by atoms with Crippen molar-refractivity contribution in [1.82, 2.24) is 0 Å². The van der Waals surface area contributed by atoms with E-state index in [0.717, 1.165) is 17.6 Å². The summed E-state index contributed by atoms with van der Waals surface area (Å²) >= 11 is 9.31. The van der Waals surface area contributed by atoms with Gasteiger partial charge in [0, 0.05) is 29.0 Å². The van der Waals surface area contributed by atoms with Gasteiger partial charge < -0.3 is 4.90 Å². The Hall–Kier alpha value is -0.540. The molecule has 1 atom stereocenters. The van der Waals surface area contributed by atoms with Crippen molar-refractivity contribution in [3.8, 4) is 0 Å². The Morgan fingerprint density at radius 2 is 2.33 bits per heavy atom. The lowest BCUT2D eigenvalue weighted by Gasteiger charge is -2.16. The third-order valence-electron chi connectivity index (χ3n) is 2.54. The fraction of sp³-hybridized carbons (Fsp3) is 0.364. The minimum absolute atomic E-state index is 0.182. The highest BCUT2D eigenvalue weighted by molar-refractivity contribution is 9.09. The van der Waals surface area contributed by atoms with Gasteiger partial charge in [0.1, 0.15) is 0 Å². The second-order valence-electron chi connectivity index (χ2n) is 3.71. The fourth-order valence-corrected chi connectivity index (χ4v) is 2.40. The van der Waals surface area contributed by atoms with Crippen molar-refractivity contribution in [2.24, 2.45) is 5.92 Å². The summed E-state index contributed by atoms with van der Waals surface area (Å²) in [7, 11) is 0. The smallest absolute Gasteiger partial charge is 0.227 e. The molecule has 1 aliphatic rings. The van der Waals surface area contributed by atoms with Crippen molar-refractivity contribution in [1.29, 1.82) is 0 Å². The monoisotopic (exact) mass is 287 g/mol. The topological polar surface area (TPSA) is 20.3 Å². The molecule has 80 valence electrons. The van der Waals surface area contributed by atoms with Gasteiger partial charge in [-0.2, -0.15) is 0 Å². The summed E-state index contributed by atoms with van der Waals surface area (Å²) in [6, 6.07) is 7.43. The Bertz CT molecular complexity index is 383. The summed E-state index contributed by atoms with van der Waals surface area (Å²) in [6.45, 7) is 0.782. The van der Waals surface area contributed by atoms with Gasteiger partial charge in [0.2, 0.25) is 5.91 Å². The highest BCUT2D eigenvalue weighted by Crippen LogP contribution is 2.27. The molecule has 1 saturated heterocycles. The van der Waals surface area contributed by atoms with Crippen molar-refractivity contribution >= 4 is 39.1 Å². The van der Waals surface area contributed by atoms with Gasteiger partial charge in [0.15, 0.2) is 0 Å². The molecule has 0 saturated carbocycles. The van der Waals surface area contributed by atoms with Crippen LogP contribution in [0.2, 0.25) is 5.02 Å². The first-order chi connectivity index (χ1) is 7.20. The average Bonchev–Trinajstić information content (AvgIpc) is 2.60. The van der Waals surface area contributed by atoms with Crippen LogP contribution in [-0.4, -0.2) is 17.8 Å². The molecule has 1 aromatic carbocycles. The van der Waals surface area contributed by atoms with Crippen molar-refractivity contribution in [2.45, 2.75) is 6.42 Å². The summed E-state index contributed by atoms with van der Waals surface area (Å²) in [5, 5.41) is 1.54. The van der Waals surface area contributed by atoms with Gasteiger partial charge in [-0.25, -0.2) is 0 Å². The van der Waals surface area contributed by atoms with Crippen molar-refractivity contribution in [2.75, 3.05) is 16.8 Å². The van der Waals surface area contributed by atoms with Crippen LogP contribution < -0.4 is 4.90 Å². The van der Waals surface area contributed by atoms with E-state index in [4.69, 9.17) is 11.6 Å². The standard InChI is InChI=1S/C11H11BrClNO/c12-6-8-4-11(15)14(7-8)10-3-1-2-9(13)5-10/h1-3,5,8H,4,6-7H2. The van der Waals surface area contributed by atoms with Crippen molar-refractivity contribution in [3.05, 3.63) is 29.3 Å². The first kappa shape index (κ1) is 11.0. The number of hydrogen-bond donors (Lipinski definition) is 0. The molecule has 1 aromatic rings. The molecule has 2 nitrogen and oxygen atoms in total. The first-order valence-corrected chi connectivity index (χ1v) is 6.32. The van der Waals surface area contributed by atoms with Gasteiger partial charge in [0.05, 0.1) is 0 Å². The highest BCUT2D eigenvalue weighted by atomic mass is 79.9. The molecular weight excluding hydrogens is 277 g/mol. The van der Waals surface area contributed by atoms with E-state index >= 15 is 0 Å². The highest BCUT2D eigenvalue weighted by Gasteiger charge is 2.29. The normalized spacial score (nSPS) is 21.1. The Balaban J connectivity index is 2.21.